The lowest BCUT2D eigenvalue weighted by Crippen LogP contribution is -2.42. The molecule has 0 spiro atoms. The van der Waals surface area contributed by atoms with Gasteiger partial charge in [0, 0.05) is 19.6 Å². The topological polar surface area (TPSA) is 41.6 Å². The van der Waals surface area contributed by atoms with Crippen LogP contribution >= 0.6 is 0 Å². The fourth-order valence-electron chi connectivity index (χ4n) is 2.62. The third-order valence-electron chi connectivity index (χ3n) is 3.95. The van der Waals surface area contributed by atoms with Gasteiger partial charge in [-0.3, -0.25) is 4.99 Å². The minimum atomic E-state index is 0.760. The minimum absolute atomic E-state index is 0.760. The Bertz CT molecular complexity index is 299. The van der Waals surface area contributed by atoms with E-state index in [1.54, 1.807) is 5.57 Å². The molecule has 1 heterocycles. The number of rotatable bonds is 3. The van der Waals surface area contributed by atoms with Crippen LogP contribution in [0.5, 0.6) is 0 Å². The monoisotopic (exact) mass is 235 g/mol. The number of piperidine rings is 1. The predicted molar refractivity (Wildman–Crippen MR) is 73.0 cm³/mol. The number of allylic oxidation sites excluding steroid dienone is 1. The number of likely N-dealkylation sites (tertiary alicyclic amines) is 1. The largest absolute Gasteiger partial charge is 0.370 e. The van der Waals surface area contributed by atoms with Gasteiger partial charge >= 0.3 is 0 Å². The van der Waals surface area contributed by atoms with E-state index >= 15 is 0 Å². The van der Waals surface area contributed by atoms with E-state index in [1.165, 1.54) is 32.1 Å². The first-order chi connectivity index (χ1) is 8.25. The van der Waals surface area contributed by atoms with Crippen LogP contribution in [-0.4, -0.2) is 30.5 Å². The number of hydrogen-bond donors (Lipinski definition) is 1. The van der Waals surface area contributed by atoms with Crippen LogP contribution in [0.1, 0.15) is 45.4 Å². The zero-order valence-corrected chi connectivity index (χ0v) is 11.0. The molecule has 0 radical (unpaired) electrons. The molecule has 3 nitrogen and oxygen atoms in total. The summed E-state index contributed by atoms with van der Waals surface area (Å²) in [5.41, 5.74) is 7.61. The van der Waals surface area contributed by atoms with Crippen molar-refractivity contribution in [2.75, 3.05) is 19.6 Å². The van der Waals surface area contributed by atoms with Crippen molar-refractivity contribution >= 4 is 5.96 Å². The van der Waals surface area contributed by atoms with Gasteiger partial charge in [-0.2, -0.15) is 0 Å². The fourth-order valence-corrected chi connectivity index (χ4v) is 2.62. The first-order valence-corrected chi connectivity index (χ1v) is 6.98. The normalized spacial score (nSPS) is 23.0. The number of guanidine groups is 1. The zero-order chi connectivity index (χ0) is 12.1. The van der Waals surface area contributed by atoms with Crippen molar-refractivity contribution in [3.8, 4) is 0 Å². The summed E-state index contributed by atoms with van der Waals surface area (Å²) in [6, 6.07) is 0. The van der Waals surface area contributed by atoms with Crippen LogP contribution in [0, 0.1) is 5.92 Å². The highest BCUT2D eigenvalue weighted by Crippen LogP contribution is 2.20. The Labute approximate surface area is 105 Å². The lowest BCUT2D eigenvalue weighted by atomic mass is 10.00. The molecule has 2 rings (SSSR count). The van der Waals surface area contributed by atoms with Gasteiger partial charge in [0.25, 0.3) is 0 Å². The van der Waals surface area contributed by atoms with E-state index in [0.29, 0.717) is 0 Å². The zero-order valence-electron chi connectivity index (χ0n) is 11.0. The van der Waals surface area contributed by atoms with Crippen LogP contribution < -0.4 is 5.73 Å². The summed E-state index contributed by atoms with van der Waals surface area (Å²) in [6.07, 6.45) is 9.84. The molecule has 0 atom stereocenters. The van der Waals surface area contributed by atoms with E-state index in [2.05, 4.69) is 22.9 Å². The Morgan fingerprint density at radius 3 is 2.88 bits per heavy atom. The molecular formula is C14H25N3. The van der Waals surface area contributed by atoms with Crippen LogP contribution in [0.4, 0.5) is 0 Å². The Kier molecular flexibility index (Phi) is 4.46. The quantitative estimate of drug-likeness (QED) is 0.464. The molecule has 0 aromatic carbocycles. The molecule has 17 heavy (non-hydrogen) atoms. The van der Waals surface area contributed by atoms with Crippen molar-refractivity contribution in [2.45, 2.75) is 45.4 Å². The summed E-state index contributed by atoms with van der Waals surface area (Å²) in [5, 5.41) is 0. The van der Waals surface area contributed by atoms with Crippen molar-refractivity contribution in [3.05, 3.63) is 11.6 Å². The maximum absolute atomic E-state index is 6.04. The van der Waals surface area contributed by atoms with E-state index in [4.69, 9.17) is 5.73 Å². The first kappa shape index (κ1) is 12.5. The Hall–Kier alpha value is -0.990. The van der Waals surface area contributed by atoms with Gasteiger partial charge in [-0.25, -0.2) is 0 Å². The molecule has 3 heteroatoms. The van der Waals surface area contributed by atoms with Crippen LogP contribution in [-0.2, 0) is 0 Å². The predicted octanol–water partition coefficient (Wildman–Crippen LogP) is 2.53. The van der Waals surface area contributed by atoms with Gasteiger partial charge in [0.1, 0.15) is 0 Å². The summed E-state index contributed by atoms with van der Waals surface area (Å²) in [5.74, 6) is 1.61. The smallest absolute Gasteiger partial charge is 0.191 e. The molecule has 1 saturated heterocycles. The third kappa shape index (κ3) is 3.76. The average Bonchev–Trinajstić information content (AvgIpc) is 2.83. The second-order valence-corrected chi connectivity index (χ2v) is 5.41. The highest BCUT2D eigenvalue weighted by molar-refractivity contribution is 5.78. The maximum atomic E-state index is 6.04. The lowest BCUT2D eigenvalue weighted by Gasteiger charge is -2.31. The van der Waals surface area contributed by atoms with E-state index in [0.717, 1.165) is 37.9 Å². The molecule has 96 valence electrons. The van der Waals surface area contributed by atoms with E-state index in [-0.39, 0.29) is 0 Å². The number of nitrogens with zero attached hydrogens (tertiary/aromatic N) is 2. The second-order valence-electron chi connectivity index (χ2n) is 5.41. The van der Waals surface area contributed by atoms with Crippen molar-refractivity contribution < 1.29 is 0 Å². The van der Waals surface area contributed by atoms with E-state index in [1.807, 2.05) is 0 Å². The molecule has 0 bridgehead atoms. The van der Waals surface area contributed by atoms with Crippen molar-refractivity contribution in [3.63, 3.8) is 0 Å². The first-order valence-electron chi connectivity index (χ1n) is 6.98. The minimum Gasteiger partial charge on any atom is -0.370 e. The third-order valence-corrected chi connectivity index (χ3v) is 3.95. The van der Waals surface area contributed by atoms with Crippen LogP contribution in [0.25, 0.3) is 0 Å². The van der Waals surface area contributed by atoms with Crippen molar-refractivity contribution in [1.82, 2.24) is 4.90 Å². The maximum Gasteiger partial charge on any atom is 0.191 e. The summed E-state index contributed by atoms with van der Waals surface area (Å²) < 4.78 is 0. The van der Waals surface area contributed by atoms with Crippen molar-refractivity contribution in [1.29, 1.82) is 0 Å². The molecule has 0 aromatic rings. The number of aliphatic imine (C=N–C) groups is 1. The fraction of sp³-hybridized carbons (Fsp3) is 0.786. The summed E-state index contributed by atoms with van der Waals surface area (Å²) >= 11 is 0. The second kappa shape index (κ2) is 6.08. The van der Waals surface area contributed by atoms with Crippen LogP contribution in [0.15, 0.2) is 16.6 Å². The van der Waals surface area contributed by atoms with Gasteiger partial charge < -0.3 is 10.6 Å². The SMILES string of the molecule is CC1CCN(C(N)=NCCC2=CCCC2)CC1. The Balaban J connectivity index is 1.72. The molecule has 1 fully saturated rings. The molecule has 0 saturated carbocycles. The van der Waals surface area contributed by atoms with Gasteiger partial charge in [-0.1, -0.05) is 18.6 Å². The van der Waals surface area contributed by atoms with Gasteiger partial charge in [0.05, 0.1) is 0 Å². The summed E-state index contributed by atoms with van der Waals surface area (Å²) in [7, 11) is 0. The number of nitrogens with two attached hydrogens (primary N) is 1. The lowest BCUT2D eigenvalue weighted by molar-refractivity contribution is 0.277. The Morgan fingerprint density at radius 1 is 1.47 bits per heavy atom. The Morgan fingerprint density at radius 2 is 2.24 bits per heavy atom. The van der Waals surface area contributed by atoms with Gasteiger partial charge in [0.15, 0.2) is 5.96 Å². The molecule has 2 aliphatic rings. The summed E-state index contributed by atoms with van der Waals surface area (Å²) in [4.78, 5) is 6.75. The van der Waals surface area contributed by atoms with E-state index < -0.39 is 0 Å². The standard InChI is InChI=1S/C14H25N3/c1-12-7-10-17(11-8-12)14(15)16-9-6-13-4-2-3-5-13/h4,12H,2-3,5-11H2,1H3,(H2,15,16). The summed E-state index contributed by atoms with van der Waals surface area (Å²) in [6.45, 7) is 5.35. The van der Waals surface area contributed by atoms with Crippen molar-refractivity contribution in [2.24, 2.45) is 16.6 Å². The van der Waals surface area contributed by atoms with E-state index in [9.17, 15) is 0 Å². The van der Waals surface area contributed by atoms with Crippen LogP contribution in [0.3, 0.4) is 0 Å². The molecule has 1 aliphatic carbocycles. The molecule has 2 N–H and O–H groups in total. The van der Waals surface area contributed by atoms with Crippen LogP contribution in [0.2, 0.25) is 0 Å². The molecular weight excluding hydrogens is 210 g/mol. The average molecular weight is 235 g/mol. The van der Waals surface area contributed by atoms with Gasteiger partial charge in [-0.05, 0) is 44.4 Å². The molecule has 0 aromatic heterocycles. The highest BCUT2D eigenvalue weighted by atomic mass is 15.3. The molecule has 0 unspecified atom stereocenters. The number of hydrogen-bond acceptors (Lipinski definition) is 1. The molecule has 0 amide bonds. The highest BCUT2D eigenvalue weighted by Gasteiger charge is 2.16. The molecule has 1 aliphatic heterocycles. The van der Waals surface area contributed by atoms with Gasteiger partial charge in [0.2, 0.25) is 0 Å². The van der Waals surface area contributed by atoms with Gasteiger partial charge in [-0.15, -0.1) is 0 Å².